The van der Waals surface area contributed by atoms with Gasteiger partial charge in [0.25, 0.3) is 0 Å². The average Bonchev–Trinajstić information content (AvgIpc) is 2.23. The van der Waals surface area contributed by atoms with Crippen LogP contribution in [0.15, 0.2) is 18.2 Å². The van der Waals surface area contributed by atoms with E-state index in [1.807, 2.05) is 13.8 Å². The monoisotopic (exact) mass is 239 g/mol. The molecule has 0 bridgehead atoms. The van der Waals surface area contributed by atoms with Gasteiger partial charge < -0.3 is 20.3 Å². The molecule has 94 valence electrons. The van der Waals surface area contributed by atoms with Crippen LogP contribution in [0, 0.1) is 0 Å². The third-order valence-corrected chi connectivity index (χ3v) is 2.06. The lowest BCUT2D eigenvalue weighted by Crippen LogP contribution is -2.11. The zero-order chi connectivity index (χ0) is 12.8. The van der Waals surface area contributed by atoms with Gasteiger partial charge in [-0.15, -0.1) is 0 Å². The summed E-state index contributed by atoms with van der Waals surface area (Å²) in [5.74, 6) is -0.503. The van der Waals surface area contributed by atoms with E-state index in [9.17, 15) is 4.79 Å². The predicted octanol–water partition coefficient (Wildman–Crippen LogP) is 1.77. The number of hydrogen-bond donors (Lipinski definition) is 2. The maximum absolute atomic E-state index is 10.7. The lowest BCUT2D eigenvalue weighted by molar-refractivity contribution is 0.0552. The van der Waals surface area contributed by atoms with Crippen LogP contribution in [0.25, 0.3) is 0 Å². The number of nitrogens with two attached hydrogens (primary N) is 1. The van der Waals surface area contributed by atoms with E-state index in [0.29, 0.717) is 19.0 Å². The molecule has 0 radical (unpaired) electrons. The van der Waals surface area contributed by atoms with Crippen molar-refractivity contribution < 1.29 is 19.4 Å². The second kappa shape index (κ2) is 6.10. The molecule has 1 rings (SSSR count). The summed E-state index contributed by atoms with van der Waals surface area (Å²) >= 11 is 0. The Hall–Kier alpha value is -1.75. The fourth-order valence-corrected chi connectivity index (χ4v) is 1.27. The summed E-state index contributed by atoms with van der Waals surface area (Å²) in [5, 5.41) is 8.79. The van der Waals surface area contributed by atoms with Gasteiger partial charge >= 0.3 is 5.97 Å². The Morgan fingerprint density at radius 2 is 2.12 bits per heavy atom. The van der Waals surface area contributed by atoms with E-state index < -0.39 is 5.97 Å². The third kappa shape index (κ3) is 4.32. The molecule has 0 aliphatic heterocycles. The summed E-state index contributed by atoms with van der Waals surface area (Å²) in [7, 11) is 0. The van der Waals surface area contributed by atoms with Crippen molar-refractivity contribution in [1.29, 1.82) is 0 Å². The Labute approximate surface area is 100 Å². The summed E-state index contributed by atoms with van der Waals surface area (Å²) in [6, 6.07) is 4.50. The molecule has 1 aromatic rings. The zero-order valence-corrected chi connectivity index (χ0v) is 9.97. The van der Waals surface area contributed by atoms with Crippen LogP contribution in [0.3, 0.4) is 0 Å². The van der Waals surface area contributed by atoms with Gasteiger partial charge in [-0.05, 0) is 26.0 Å². The lowest BCUT2D eigenvalue weighted by atomic mass is 10.2. The van der Waals surface area contributed by atoms with Gasteiger partial charge in [-0.25, -0.2) is 4.79 Å². The van der Waals surface area contributed by atoms with Crippen LogP contribution in [0.2, 0.25) is 0 Å². The minimum Gasteiger partial charge on any atom is -0.491 e. The lowest BCUT2D eigenvalue weighted by Gasteiger charge is -2.10. The standard InChI is InChI=1S/C12H17NO4/c1-8(2)16-5-6-17-9-3-4-10(12(14)15)11(13)7-9/h3-4,7-8H,5-6,13H2,1-2H3,(H,14,15). The molecule has 0 amide bonds. The number of rotatable bonds is 6. The van der Waals surface area contributed by atoms with Crippen LogP contribution in [0.1, 0.15) is 24.2 Å². The normalized spacial score (nSPS) is 10.5. The highest BCUT2D eigenvalue weighted by Crippen LogP contribution is 2.19. The van der Waals surface area contributed by atoms with Crippen LogP contribution in [-0.4, -0.2) is 30.4 Å². The SMILES string of the molecule is CC(C)OCCOc1ccc(C(=O)O)c(N)c1. The number of carboxylic acids is 1. The fourth-order valence-electron chi connectivity index (χ4n) is 1.27. The summed E-state index contributed by atoms with van der Waals surface area (Å²) in [6.07, 6.45) is 0.165. The molecule has 17 heavy (non-hydrogen) atoms. The summed E-state index contributed by atoms with van der Waals surface area (Å²) in [5.41, 5.74) is 5.86. The number of aromatic carboxylic acids is 1. The van der Waals surface area contributed by atoms with Gasteiger partial charge in [0, 0.05) is 11.8 Å². The molecule has 3 N–H and O–H groups in total. The molecule has 0 aromatic heterocycles. The molecular formula is C12H17NO4. The van der Waals surface area contributed by atoms with Crippen molar-refractivity contribution in [2.24, 2.45) is 0 Å². The Balaban J connectivity index is 2.50. The van der Waals surface area contributed by atoms with E-state index in [-0.39, 0.29) is 17.4 Å². The summed E-state index contributed by atoms with van der Waals surface area (Å²) in [6.45, 7) is 4.78. The highest BCUT2D eigenvalue weighted by molar-refractivity contribution is 5.93. The van der Waals surface area contributed by atoms with Gasteiger partial charge in [0.1, 0.15) is 12.4 Å². The fraction of sp³-hybridized carbons (Fsp3) is 0.417. The van der Waals surface area contributed by atoms with E-state index in [4.69, 9.17) is 20.3 Å². The van der Waals surface area contributed by atoms with Crippen molar-refractivity contribution in [2.75, 3.05) is 18.9 Å². The van der Waals surface area contributed by atoms with Crippen molar-refractivity contribution >= 4 is 11.7 Å². The molecule has 1 aromatic carbocycles. The average molecular weight is 239 g/mol. The highest BCUT2D eigenvalue weighted by atomic mass is 16.5. The topological polar surface area (TPSA) is 81.8 Å². The Bertz CT molecular complexity index is 390. The maximum Gasteiger partial charge on any atom is 0.337 e. The summed E-state index contributed by atoms with van der Waals surface area (Å²) in [4.78, 5) is 10.7. The quantitative estimate of drug-likeness (QED) is 0.584. The molecule has 0 saturated heterocycles. The number of anilines is 1. The highest BCUT2D eigenvalue weighted by Gasteiger charge is 2.08. The molecule has 5 nitrogen and oxygen atoms in total. The van der Waals surface area contributed by atoms with E-state index in [1.165, 1.54) is 12.1 Å². The minimum absolute atomic E-state index is 0.0794. The second-order valence-electron chi connectivity index (χ2n) is 3.82. The molecular weight excluding hydrogens is 222 g/mol. The first-order valence-electron chi connectivity index (χ1n) is 5.38. The van der Waals surface area contributed by atoms with Gasteiger partial charge in [-0.2, -0.15) is 0 Å². The number of carboxylic acid groups (broad SMARTS) is 1. The predicted molar refractivity (Wildman–Crippen MR) is 64.4 cm³/mol. The minimum atomic E-state index is -1.04. The molecule has 0 aliphatic rings. The molecule has 0 aliphatic carbocycles. The Kier molecular flexibility index (Phi) is 4.78. The first-order chi connectivity index (χ1) is 8.00. The van der Waals surface area contributed by atoms with E-state index in [2.05, 4.69) is 0 Å². The number of nitrogen functional groups attached to an aromatic ring is 1. The van der Waals surface area contributed by atoms with E-state index >= 15 is 0 Å². The molecule has 0 fully saturated rings. The molecule has 5 heteroatoms. The van der Waals surface area contributed by atoms with Crippen molar-refractivity contribution in [3.05, 3.63) is 23.8 Å². The van der Waals surface area contributed by atoms with Gasteiger partial charge in [-0.3, -0.25) is 0 Å². The maximum atomic E-state index is 10.7. The van der Waals surface area contributed by atoms with E-state index in [0.717, 1.165) is 0 Å². The third-order valence-electron chi connectivity index (χ3n) is 2.06. The molecule has 0 unspecified atom stereocenters. The Morgan fingerprint density at radius 1 is 1.41 bits per heavy atom. The Morgan fingerprint density at radius 3 is 2.65 bits per heavy atom. The first-order valence-corrected chi connectivity index (χ1v) is 5.38. The van der Waals surface area contributed by atoms with Crippen molar-refractivity contribution in [1.82, 2.24) is 0 Å². The van der Waals surface area contributed by atoms with Crippen LogP contribution in [0.4, 0.5) is 5.69 Å². The number of benzene rings is 1. The van der Waals surface area contributed by atoms with Crippen LogP contribution in [-0.2, 0) is 4.74 Å². The molecule has 0 heterocycles. The summed E-state index contributed by atoms with van der Waals surface area (Å²) < 4.78 is 10.7. The van der Waals surface area contributed by atoms with Gasteiger partial charge in [0.05, 0.1) is 18.3 Å². The smallest absolute Gasteiger partial charge is 0.337 e. The van der Waals surface area contributed by atoms with Gasteiger partial charge in [0.15, 0.2) is 0 Å². The van der Waals surface area contributed by atoms with Crippen LogP contribution >= 0.6 is 0 Å². The van der Waals surface area contributed by atoms with Gasteiger partial charge in [-0.1, -0.05) is 0 Å². The van der Waals surface area contributed by atoms with Crippen LogP contribution in [0.5, 0.6) is 5.75 Å². The molecule has 0 saturated carbocycles. The van der Waals surface area contributed by atoms with Crippen molar-refractivity contribution in [2.45, 2.75) is 20.0 Å². The van der Waals surface area contributed by atoms with E-state index in [1.54, 1.807) is 6.07 Å². The first kappa shape index (κ1) is 13.3. The number of carbonyl (C=O) groups is 1. The number of ether oxygens (including phenoxy) is 2. The molecule has 0 atom stereocenters. The number of hydrogen-bond acceptors (Lipinski definition) is 4. The van der Waals surface area contributed by atoms with Crippen molar-refractivity contribution in [3.8, 4) is 5.75 Å². The van der Waals surface area contributed by atoms with Crippen molar-refractivity contribution in [3.63, 3.8) is 0 Å². The van der Waals surface area contributed by atoms with Crippen LogP contribution < -0.4 is 10.5 Å². The zero-order valence-electron chi connectivity index (χ0n) is 9.97. The second-order valence-corrected chi connectivity index (χ2v) is 3.82. The molecule has 0 spiro atoms. The van der Waals surface area contributed by atoms with Gasteiger partial charge in [0.2, 0.25) is 0 Å². The largest absolute Gasteiger partial charge is 0.491 e.